The van der Waals surface area contributed by atoms with Gasteiger partial charge in [-0.3, -0.25) is 0 Å². The third kappa shape index (κ3) is 4.01. The summed E-state index contributed by atoms with van der Waals surface area (Å²) in [6.07, 6.45) is 7.67. The molecule has 6 heteroatoms. The third-order valence-electron chi connectivity index (χ3n) is 5.16. The third-order valence-corrected chi connectivity index (χ3v) is 6.10. The molecule has 144 valence electrons. The van der Waals surface area contributed by atoms with E-state index in [9.17, 15) is 4.79 Å². The highest BCUT2D eigenvalue weighted by atomic mass is 127. The Bertz CT molecular complexity index is 1030. The second kappa shape index (κ2) is 8.26. The molecule has 1 unspecified atom stereocenters. The average Bonchev–Trinajstić information content (AvgIpc) is 3.13. The maximum atomic E-state index is 12.4. The van der Waals surface area contributed by atoms with Gasteiger partial charge in [0.05, 0.1) is 5.69 Å². The summed E-state index contributed by atoms with van der Waals surface area (Å²) in [5.74, 6) is 0.395. The summed E-state index contributed by atoms with van der Waals surface area (Å²) in [4.78, 5) is 18.1. The molecule has 2 aromatic carbocycles. The van der Waals surface area contributed by atoms with Crippen LogP contribution in [-0.2, 0) is 0 Å². The lowest BCUT2D eigenvalue weighted by atomic mass is 9.93. The van der Waals surface area contributed by atoms with Gasteiger partial charge in [-0.1, -0.05) is 18.2 Å². The normalized spacial score (nSPS) is 16.4. The second-order valence-electron chi connectivity index (χ2n) is 6.93. The standard InChI is InChI=1S/C22H23IN4O/c1-2-27-11-9-15(10-12-27)18-14-24-20-8-7-16(13-17(18)20)25-22(28)26-21-6-4-3-5-19(21)23/h3-9,11,13-15,24H,2,10,12H2,1H3,(H2,25,26,28). The van der Waals surface area contributed by atoms with Crippen molar-refractivity contribution in [1.82, 2.24) is 9.88 Å². The van der Waals surface area contributed by atoms with Gasteiger partial charge in [0.25, 0.3) is 0 Å². The molecule has 4 rings (SSSR count). The number of rotatable bonds is 4. The molecule has 2 heterocycles. The molecule has 5 nitrogen and oxygen atoms in total. The molecule has 0 aliphatic carbocycles. The van der Waals surface area contributed by atoms with Crippen molar-refractivity contribution in [3.63, 3.8) is 0 Å². The van der Waals surface area contributed by atoms with E-state index in [0.29, 0.717) is 5.92 Å². The molecule has 0 radical (unpaired) electrons. The maximum Gasteiger partial charge on any atom is 0.323 e. The number of aromatic nitrogens is 1. The zero-order valence-electron chi connectivity index (χ0n) is 15.7. The molecule has 1 aromatic heterocycles. The molecule has 3 aromatic rings. The van der Waals surface area contributed by atoms with Crippen molar-refractivity contribution in [2.45, 2.75) is 19.3 Å². The van der Waals surface area contributed by atoms with E-state index in [1.165, 1.54) is 5.56 Å². The minimum absolute atomic E-state index is 0.239. The smallest absolute Gasteiger partial charge is 0.323 e. The predicted octanol–water partition coefficient (Wildman–Crippen LogP) is 5.74. The van der Waals surface area contributed by atoms with Crippen LogP contribution >= 0.6 is 22.6 Å². The summed E-state index contributed by atoms with van der Waals surface area (Å²) >= 11 is 2.21. The SMILES string of the molecule is CCN1C=CC(c2c[nH]c3ccc(NC(=O)Nc4ccccc4I)cc23)CC1. The van der Waals surface area contributed by atoms with Crippen LogP contribution in [0.4, 0.5) is 16.2 Å². The Hall–Kier alpha value is -2.48. The van der Waals surface area contributed by atoms with Crippen molar-refractivity contribution < 1.29 is 4.79 Å². The summed E-state index contributed by atoms with van der Waals surface area (Å²) in [6, 6.07) is 13.5. The lowest BCUT2D eigenvalue weighted by molar-refractivity contribution is 0.262. The zero-order valence-corrected chi connectivity index (χ0v) is 17.9. The van der Waals surface area contributed by atoms with Crippen LogP contribution in [0.25, 0.3) is 10.9 Å². The van der Waals surface area contributed by atoms with Gasteiger partial charge >= 0.3 is 6.03 Å². The molecule has 0 saturated carbocycles. The lowest BCUT2D eigenvalue weighted by Gasteiger charge is -2.26. The van der Waals surface area contributed by atoms with Gasteiger partial charge in [0.2, 0.25) is 0 Å². The monoisotopic (exact) mass is 486 g/mol. The number of carbonyl (C=O) groups is 1. The summed E-state index contributed by atoms with van der Waals surface area (Å²) in [7, 11) is 0. The van der Waals surface area contributed by atoms with Crippen molar-refractivity contribution in [2.24, 2.45) is 0 Å². The van der Waals surface area contributed by atoms with E-state index in [1.807, 2.05) is 36.4 Å². The molecule has 0 spiro atoms. The van der Waals surface area contributed by atoms with Crippen molar-refractivity contribution in [3.8, 4) is 0 Å². The topological polar surface area (TPSA) is 60.2 Å². The van der Waals surface area contributed by atoms with E-state index >= 15 is 0 Å². The Morgan fingerprint density at radius 1 is 1.25 bits per heavy atom. The minimum atomic E-state index is -0.239. The number of benzene rings is 2. The van der Waals surface area contributed by atoms with Crippen LogP contribution in [0.2, 0.25) is 0 Å². The first kappa shape index (κ1) is 18.9. The average molecular weight is 486 g/mol. The van der Waals surface area contributed by atoms with Crippen LogP contribution < -0.4 is 10.6 Å². The fourth-order valence-corrected chi connectivity index (χ4v) is 4.12. The highest BCUT2D eigenvalue weighted by Crippen LogP contribution is 2.32. The first-order chi connectivity index (χ1) is 13.6. The zero-order chi connectivity index (χ0) is 19.5. The molecule has 2 amide bonds. The fraction of sp³-hybridized carbons (Fsp3) is 0.227. The summed E-state index contributed by atoms with van der Waals surface area (Å²) in [5.41, 5.74) is 3.96. The van der Waals surface area contributed by atoms with E-state index in [0.717, 1.165) is 45.4 Å². The molecule has 0 bridgehead atoms. The molecular formula is C22H23IN4O. The number of fused-ring (bicyclic) bond motifs is 1. The number of carbonyl (C=O) groups excluding carboxylic acids is 1. The minimum Gasteiger partial charge on any atom is -0.378 e. The van der Waals surface area contributed by atoms with E-state index < -0.39 is 0 Å². The number of nitrogens with one attached hydrogen (secondary N) is 3. The first-order valence-electron chi connectivity index (χ1n) is 9.50. The van der Waals surface area contributed by atoms with Crippen LogP contribution in [0.5, 0.6) is 0 Å². The van der Waals surface area contributed by atoms with Crippen LogP contribution in [-0.4, -0.2) is 29.0 Å². The Kier molecular flexibility index (Phi) is 5.57. The molecule has 1 aliphatic heterocycles. The number of allylic oxidation sites excluding steroid dienone is 1. The Balaban J connectivity index is 1.53. The van der Waals surface area contributed by atoms with E-state index in [2.05, 4.69) is 74.6 Å². The van der Waals surface area contributed by atoms with Crippen LogP contribution in [0.1, 0.15) is 24.8 Å². The number of aromatic amines is 1. The van der Waals surface area contributed by atoms with Crippen molar-refractivity contribution in [2.75, 3.05) is 23.7 Å². The molecule has 0 fully saturated rings. The molecule has 3 N–H and O–H groups in total. The van der Waals surface area contributed by atoms with E-state index in [-0.39, 0.29) is 6.03 Å². The van der Waals surface area contributed by atoms with Gasteiger partial charge in [0.15, 0.2) is 0 Å². The number of amides is 2. The van der Waals surface area contributed by atoms with Gasteiger partial charge in [0.1, 0.15) is 0 Å². The van der Waals surface area contributed by atoms with E-state index in [1.54, 1.807) is 0 Å². The van der Waals surface area contributed by atoms with Crippen molar-refractivity contribution in [3.05, 3.63) is 70.1 Å². The number of para-hydroxylation sites is 1. The highest BCUT2D eigenvalue weighted by molar-refractivity contribution is 14.1. The van der Waals surface area contributed by atoms with Gasteiger partial charge in [-0.25, -0.2) is 4.79 Å². The van der Waals surface area contributed by atoms with Gasteiger partial charge < -0.3 is 20.5 Å². The maximum absolute atomic E-state index is 12.4. The first-order valence-corrected chi connectivity index (χ1v) is 10.6. The van der Waals surface area contributed by atoms with Gasteiger partial charge in [-0.05, 0) is 78.0 Å². The van der Waals surface area contributed by atoms with Gasteiger partial charge in [-0.2, -0.15) is 0 Å². The quantitative estimate of drug-likeness (QED) is 0.412. The summed E-state index contributed by atoms with van der Waals surface area (Å²) < 4.78 is 1.00. The number of anilines is 2. The van der Waals surface area contributed by atoms with E-state index in [4.69, 9.17) is 0 Å². The fourth-order valence-electron chi connectivity index (χ4n) is 3.60. The predicted molar refractivity (Wildman–Crippen MR) is 124 cm³/mol. The largest absolute Gasteiger partial charge is 0.378 e. The Labute approximate surface area is 178 Å². The molecule has 0 saturated heterocycles. The van der Waals surface area contributed by atoms with Crippen LogP contribution in [0.3, 0.4) is 0 Å². The number of nitrogens with zero attached hydrogens (tertiary/aromatic N) is 1. The Morgan fingerprint density at radius 2 is 2.11 bits per heavy atom. The highest BCUT2D eigenvalue weighted by Gasteiger charge is 2.18. The summed E-state index contributed by atoms with van der Waals surface area (Å²) in [6.45, 7) is 4.29. The lowest BCUT2D eigenvalue weighted by Crippen LogP contribution is -2.23. The molecule has 28 heavy (non-hydrogen) atoms. The van der Waals surface area contributed by atoms with Gasteiger partial charge in [0, 0.05) is 45.4 Å². The molecule has 1 atom stereocenters. The molecule has 1 aliphatic rings. The summed E-state index contributed by atoms with van der Waals surface area (Å²) in [5, 5.41) is 7.02. The van der Waals surface area contributed by atoms with Crippen LogP contribution in [0, 0.1) is 3.57 Å². The van der Waals surface area contributed by atoms with Crippen molar-refractivity contribution >= 4 is 50.9 Å². The number of urea groups is 1. The van der Waals surface area contributed by atoms with Crippen molar-refractivity contribution in [1.29, 1.82) is 0 Å². The number of halogens is 1. The number of H-pyrrole nitrogens is 1. The van der Waals surface area contributed by atoms with Gasteiger partial charge in [-0.15, -0.1) is 0 Å². The Morgan fingerprint density at radius 3 is 2.86 bits per heavy atom. The number of hydrogen-bond donors (Lipinski definition) is 3. The van der Waals surface area contributed by atoms with Crippen LogP contribution in [0.15, 0.2) is 60.9 Å². The second-order valence-corrected chi connectivity index (χ2v) is 8.09. The molecular weight excluding hydrogens is 463 g/mol. The number of hydrogen-bond acceptors (Lipinski definition) is 2.